The van der Waals surface area contributed by atoms with Crippen LogP contribution in [0.3, 0.4) is 0 Å². The van der Waals surface area contributed by atoms with Gasteiger partial charge in [0.1, 0.15) is 0 Å². The molecule has 2 fully saturated rings. The van der Waals surface area contributed by atoms with Crippen molar-refractivity contribution in [1.82, 2.24) is 15.5 Å². The molecule has 2 heterocycles. The van der Waals surface area contributed by atoms with Crippen molar-refractivity contribution in [3.05, 3.63) is 0 Å². The van der Waals surface area contributed by atoms with Crippen molar-refractivity contribution in [3.63, 3.8) is 0 Å². The Morgan fingerprint density at radius 1 is 1.11 bits per heavy atom. The van der Waals surface area contributed by atoms with Crippen LogP contribution in [0, 0.1) is 0 Å². The van der Waals surface area contributed by atoms with Gasteiger partial charge in [-0.3, -0.25) is 4.79 Å². The molecule has 2 aliphatic rings. The Bertz CT molecular complexity index is 256. The van der Waals surface area contributed by atoms with Gasteiger partial charge >= 0.3 is 0 Å². The Morgan fingerprint density at radius 3 is 2.58 bits per heavy atom. The first-order chi connectivity index (χ1) is 9.36. The number of hydrogen-bond acceptors (Lipinski definition) is 3. The van der Waals surface area contributed by atoms with E-state index in [-0.39, 0.29) is 11.9 Å². The molecule has 0 aromatic carbocycles. The smallest absolute Gasteiger partial charge is 0.237 e. The van der Waals surface area contributed by atoms with Crippen molar-refractivity contribution in [2.45, 2.75) is 57.4 Å². The van der Waals surface area contributed by atoms with E-state index >= 15 is 0 Å². The van der Waals surface area contributed by atoms with E-state index in [2.05, 4.69) is 15.5 Å². The zero-order chi connectivity index (χ0) is 13.3. The summed E-state index contributed by atoms with van der Waals surface area (Å²) in [4.78, 5) is 14.5. The molecular formula is C15H29N3O. The van der Waals surface area contributed by atoms with Gasteiger partial charge in [-0.2, -0.15) is 0 Å². The fourth-order valence-electron chi connectivity index (χ4n) is 3.07. The molecule has 0 unspecified atom stereocenters. The first kappa shape index (κ1) is 14.8. The van der Waals surface area contributed by atoms with Gasteiger partial charge in [-0.1, -0.05) is 19.3 Å². The molecule has 2 aliphatic heterocycles. The number of amides is 1. The predicted octanol–water partition coefficient (Wildman–Crippen LogP) is 1.51. The molecule has 110 valence electrons. The minimum absolute atomic E-state index is 0.0620. The van der Waals surface area contributed by atoms with E-state index in [4.69, 9.17) is 0 Å². The summed E-state index contributed by atoms with van der Waals surface area (Å²) < 4.78 is 0. The van der Waals surface area contributed by atoms with Crippen molar-refractivity contribution in [1.29, 1.82) is 0 Å². The van der Waals surface area contributed by atoms with Gasteiger partial charge in [-0.15, -0.1) is 0 Å². The summed E-state index contributed by atoms with van der Waals surface area (Å²) in [5.41, 5.74) is 0. The molecule has 0 aromatic heterocycles. The van der Waals surface area contributed by atoms with Gasteiger partial charge in [0.05, 0.1) is 6.04 Å². The van der Waals surface area contributed by atoms with Crippen LogP contribution in [0.25, 0.3) is 0 Å². The van der Waals surface area contributed by atoms with Gasteiger partial charge < -0.3 is 15.5 Å². The van der Waals surface area contributed by atoms with Crippen LogP contribution in [0.15, 0.2) is 0 Å². The second-order valence-corrected chi connectivity index (χ2v) is 5.90. The van der Waals surface area contributed by atoms with Crippen molar-refractivity contribution < 1.29 is 4.79 Å². The van der Waals surface area contributed by atoms with Gasteiger partial charge in [-0.05, 0) is 58.3 Å². The number of likely N-dealkylation sites (tertiary alicyclic amines) is 1. The van der Waals surface area contributed by atoms with Crippen LogP contribution in [-0.4, -0.2) is 49.6 Å². The molecule has 0 aromatic rings. The highest BCUT2D eigenvalue weighted by atomic mass is 16.2. The Labute approximate surface area is 117 Å². The summed E-state index contributed by atoms with van der Waals surface area (Å²) in [5.74, 6) is 0.204. The standard InChI is InChI=1S/C15H29N3O/c19-15(14-8-3-4-9-16-14)17-10-7-13-18-11-5-1-2-6-12-18/h14,16H,1-13H2,(H,17,19)/t14-/m1/s1. The zero-order valence-corrected chi connectivity index (χ0v) is 12.1. The summed E-state index contributed by atoms with van der Waals surface area (Å²) in [7, 11) is 0. The topological polar surface area (TPSA) is 44.4 Å². The van der Waals surface area contributed by atoms with Crippen LogP contribution in [0.5, 0.6) is 0 Å². The highest BCUT2D eigenvalue weighted by Crippen LogP contribution is 2.09. The van der Waals surface area contributed by atoms with Gasteiger partial charge in [0, 0.05) is 6.54 Å². The molecule has 0 saturated carbocycles. The van der Waals surface area contributed by atoms with Gasteiger partial charge in [0.2, 0.25) is 5.91 Å². The van der Waals surface area contributed by atoms with E-state index in [1.54, 1.807) is 0 Å². The van der Waals surface area contributed by atoms with Crippen LogP contribution in [0.2, 0.25) is 0 Å². The van der Waals surface area contributed by atoms with Gasteiger partial charge in [-0.25, -0.2) is 0 Å². The fraction of sp³-hybridized carbons (Fsp3) is 0.933. The lowest BCUT2D eigenvalue weighted by atomic mass is 10.0. The summed E-state index contributed by atoms with van der Waals surface area (Å²) >= 11 is 0. The van der Waals surface area contributed by atoms with Crippen LogP contribution >= 0.6 is 0 Å². The fourth-order valence-corrected chi connectivity index (χ4v) is 3.07. The van der Waals surface area contributed by atoms with Gasteiger partial charge in [0.25, 0.3) is 0 Å². The molecule has 2 rings (SSSR count). The maximum atomic E-state index is 11.9. The molecule has 0 aliphatic carbocycles. The molecule has 0 bridgehead atoms. The largest absolute Gasteiger partial charge is 0.355 e. The average molecular weight is 267 g/mol. The second-order valence-electron chi connectivity index (χ2n) is 5.90. The van der Waals surface area contributed by atoms with Crippen molar-refractivity contribution >= 4 is 5.91 Å². The van der Waals surface area contributed by atoms with Crippen LogP contribution in [-0.2, 0) is 4.79 Å². The number of hydrogen-bond donors (Lipinski definition) is 2. The summed E-state index contributed by atoms with van der Waals surface area (Å²) in [6, 6.07) is 0.0620. The summed E-state index contributed by atoms with van der Waals surface area (Å²) in [5, 5.41) is 6.37. The highest BCUT2D eigenvalue weighted by Gasteiger charge is 2.19. The molecule has 4 heteroatoms. The molecule has 1 atom stereocenters. The molecule has 2 saturated heterocycles. The lowest BCUT2D eigenvalue weighted by Gasteiger charge is -2.23. The molecular weight excluding hydrogens is 238 g/mol. The Morgan fingerprint density at radius 2 is 1.89 bits per heavy atom. The van der Waals surface area contributed by atoms with Crippen molar-refractivity contribution in [2.75, 3.05) is 32.7 Å². The van der Waals surface area contributed by atoms with E-state index in [0.717, 1.165) is 32.5 Å². The predicted molar refractivity (Wildman–Crippen MR) is 78.2 cm³/mol. The van der Waals surface area contributed by atoms with E-state index in [9.17, 15) is 4.79 Å². The maximum absolute atomic E-state index is 11.9. The van der Waals surface area contributed by atoms with Crippen LogP contribution < -0.4 is 10.6 Å². The third-order valence-electron chi connectivity index (χ3n) is 4.28. The monoisotopic (exact) mass is 267 g/mol. The number of nitrogens with one attached hydrogen (secondary N) is 2. The van der Waals surface area contributed by atoms with Gasteiger partial charge in [0.15, 0.2) is 0 Å². The lowest BCUT2D eigenvalue weighted by Crippen LogP contribution is -2.47. The number of carbonyl (C=O) groups is 1. The Hall–Kier alpha value is -0.610. The SMILES string of the molecule is O=C(NCCCN1CCCCCC1)[C@H]1CCCCN1. The van der Waals surface area contributed by atoms with Crippen molar-refractivity contribution in [3.8, 4) is 0 Å². The first-order valence-corrected chi connectivity index (χ1v) is 8.10. The highest BCUT2D eigenvalue weighted by molar-refractivity contribution is 5.81. The van der Waals surface area contributed by atoms with Crippen LogP contribution in [0.1, 0.15) is 51.4 Å². The van der Waals surface area contributed by atoms with E-state index in [1.165, 1.54) is 51.6 Å². The Kier molecular flexibility index (Phi) is 6.65. The average Bonchev–Trinajstić information content (AvgIpc) is 2.73. The molecule has 19 heavy (non-hydrogen) atoms. The zero-order valence-electron chi connectivity index (χ0n) is 12.1. The summed E-state index contributed by atoms with van der Waals surface area (Å²) in [6.07, 6.45) is 9.94. The number of rotatable bonds is 5. The normalized spacial score (nSPS) is 25.8. The number of carbonyl (C=O) groups excluding carboxylic acids is 1. The van der Waals surface area contributed by atoms with E-state index < -0.39 is 0 Å². The molecule has 2 N–H and O–H groups in total. The van der Waals surface area contributed by atoms with Crippen LogP contribution in [0.4, 0.5) is 0 Å². The third-order valence-corrected chi connectivity index (χ3v) is 4.28. The quantitative estimate of drug-likeness (QED) is 0.742. The lowest BCUT2D eigenvalue weighted by molar-refractivity contribution is -0.123. The van der Waals surface area contributed by atoms with Crippen molar-refractivity contribution in [2.24, 2.45) is 0 Å². The van der Waals surface area contributed by atoms with E-state index in [1.807, 2.05) is 0 Å². The molecule has 0 spiro atoms. The number of piperidine rings is 1. The Balaban J connectivity index is 1.54. The minimum atomic E-state index is 0.0620. The first-order valence-electron chi connectivity index (χ1n) is 8.10. The number of nitrogens with zero attached hydrogens (tertiary/aromatic N) is 1. The molecule has 4 nitrogen and oxygen atoms in total. The summed E-state index contributed by atoms with van der Waals surface area (Å²) in [6.45, 7) is 5.45. The third kappa shape index (κ3) is 5.49. The molecule has 0 radical (unpaired) electrons. The molecule has 1 amide bonds. The minimum Gasteiger partial charge on any atom is -0.355 e. The maximum Gasteiger partial charge on any atom is 0.237 e. The van der Waals surface area contributed by atoms with E-state index in [0.29, 0.717) is 0 Å². The second kappa shape index (κ2) is 8.54.